The van der Waals surface area contributed by atoms with Crippen LogP contribution in [0.15, 0.2) is 41.8 Å². The molecule has 138 valence electrons. The van der Waals surface area contributed by atoms with Gasteiger partial charge in [-0.3, -0.25) is 14.2 Å². The van der Waals surface area contributed by atoms with Crippen LogP contribution in [0.2, 0.25) is 0 Å². The molecular weight excluding hydrogens is 357 g/mol. The Bertz CT molecular complexity index is 775. The maximum atomic E-state index is 13.4. The van der Waals surface area contributed by atoms with Gasteiger partial charge in [-0.05, 0) is 31.0 Å². The first-order valence-electron chi connectivity index (χ1n) is 8.49. The van der Waals surface area contributed by atoms with Crippen LogP contribution < -0.4 is 5.32 Å². The topological polar surface area (TPSA) is 73.2 Å². The van der Waals surface area contributed by atoms with Gasteiger partial charge in [0.05, 0.1) is 11.4 Å². The van der Waals surface area contributed by atoms with Crippen LogP contribution in [0.4, 0.5) is 4.39 Å². The SMILES string of the molecule is O=C(COC(=O)CSc1nccn1-c1cccc(F)c1)NC1CCCC1. The number of rotatable bonds is 7. The van der Waals surface area contributed by atoms with E-state index in [2.05, 4.69) is 10.3 Å². The fraction of sp³-hybridized carbons (Fsp3) is 0.389. The van der Waals surface area contributed by atoms with Crippen molar-refractivity contribution in [3.05, 3.63) is 42.5 Å². The fourth-order valence-corrected chi connectivity index (χ4v) is 3.64. The van der Waals surface area contributed by atoms with Crippen molar-refractivity contribution < 1.29 is 18.7 Å². The van der Waals surface area contributed by atoms with Gasteiger partial charge in [-0.2, -0.15) is 0 Å². The van der Waals surface area contributed by atoms with Crippen molar-refractivity contribution in [2.75, 3.05) is 12.4 Å². The number of imidazole rings is 1. The van der Waals surface area contributed by atoms with Crippen LogP contribution in [0.25, 0.3) is 5.69 Å². The zero-order valence-electron chi connectivity index (χ0n) is 14.2. The molecule has 1 aromatic heterocycles. The summed E-state index contributed by atoms with van der Waals surface area (Å²) < 4.78 is 20.1. The molecule has 0 aliphatic heterocycles. The third kappa shape index (κ3) is 5.08. The Hall–Kier alpha value is -2.35. The summed E-state index contributed by atoms with van der Waals surface area (Å²) in [7, 11) is 0. The van der Waals surface area contributed by atoms with Crippen LogP contribution in [0, 0.1) is 5.82 Å². The van der Waals surface area contributed by atoms with Crippen LogP contribution in [0.1, 0.15) is 25.7 Å². The predicted molar refractivity (Wildman–Crippen MR) is 95.6 cm³/mol. The second-order valence-electron chi connectivity index (χ2n) is 6.06. The first-order valence-corrected chi connectivity index (χ1v) is 9.47. The average Bonchev–Trinajstić information content (AvgIpc) is 3.29. The second-order valence-corrected chi connectivity index (χ2v) is 7.00. The lowest BCUT2D eigenvalue weighted by Gasteiger charge is -2.12. The summed E-state index contributed by atoms with van der Waals surface area (Å²) in [5.41, 5.74) is 0.620. The van der Waals surface area contributed by atoms with E-state index in [0.29, 0.717) is 10.8 Å². The van der Waals surface area contributed by atoms with Crippen molar-refractivity contribution in [2.45, 2.75) is 36.9 Å². The molecular formula is C18H20FN3O3S. The van der Waals surface area contributed by atoms with Crippen molar-refractivity contribution >= 4 is 23.6 Å². The van der Waals surface area contributed by atoms with E-state index in [4.69, 9.17) is 4.74 Å². The van der Waals surface area contributed by atoms with Gasteiger partial charge in [0.25, 0.3) is 5.91 Å². The smallest absolute Gasteiger partial charge is 0.316 e. The molecule has 1 aliphatic carbocycles. The number of hydrogen-bond donors (Lipinski definition) is 1. The van der Waals surface area contributed by atoms with Crippen LogP contribution in [0.3, 0.4) is 0 Å². The number of hydrogen-bond acceptors (Lipinski definition) is 5. The Kier molecular flexibility index (Phi) is 6.27. The zero-order chi connectivity index (χ0) is 18.4. The molecule has 2 aromatic rings. The fourth-order valence-electron chi connectivity index (χ4n) is 2.87. The molecule has 1 amide bonds. The predicted octanol–water partition coefficient (Wildman–Crippen LogP) is 2.71. The molecule has 1 aromatic carbocycles. The van der Waals surface area contributed by atoms with Crippen molar-refractivity contribution in [3.8, 4) is 5.69 Å². The van der Waals surface area contributed by atoms with Crippen molar-refractivity contribution in [3.63, 3.8) is 0 Å². The normalized spacial score (nSPS) is 14.3. The van der Waals surface area contributed by atoms with Gasteiger partial charge in [0.2, 0.25) is 0 Å². The monoisotopic (exact) mass is 377 g/mol. The number of esters is 1. The maximum Gasteiger partial charge on any atom is 0.316 e. The Morgan fingerprint density at radius 3 is 2.92 bits per heavy atom. The maximum absolute atomic E-state index is 13.4. The lowest BCUT2D eigenvalue weighted by Crippen LogP contribution is -2.36. The summed E-state index contributed by atoms with van der Waals surface area (Å²) in [4.78, 5) is 27.8. The van der Waals surface area contributed by atoms with Crippen LogP contribution in [-0.2, 0) is 14.3 Å². The molecule has 1 aliphatic rings. The van der Waals surface area contributed by atoms with Crippen molar-refractivity contribution in [2.24, 2.45) is 0 Å². The first kappa shape index (κ1) is 18.4. The highest BCUT2D eigenvalue weighted by atomic mass is 32.2. The van der Waals surface area contributed by atoms with Gasteiger partial charge in [0.1, 0.15) is 5.82 Å². The summed E-state index contributed by atoms with van der Waals surface area (Å²) in [5.74, 6) is -1.09. The quantitative estimate of drug-likeness (QED) is 0.593. The molecule has 0 atom stereocenters. The zero-order valence-corrected chi connectivity index (χ0v) is 15.0. The van der Waals surface area contributed by atoms with Gasteiger partial charge in [0, 0.05) is 18.4 Å². The molecule has 1 heterocycles. The molecule has 0 spiro atoms. The number of halogens is 1. The minimum Gasteiger partial charge on any atom is -0.455 e. The van der Waals surface area contributed by atoms with E-state index in [0.717, 1.165) is 25.7 Å². The van der Waals surface area contributed by atoms with Gasteiger partial charge in [0.15, 0.2) is 11.8 Å². The van der Waals surface area contributed by atoms with E-state index in [9.17, 15) is 14.0 Å². The summed E-state index contributed by atoms with van der Waals surface area (Å²) in [5, 5.41) is 3.41. The van der Waals surface area contributed by atoms with E-state index in [-0.39, 0.29) is 30.1 Å². The standard InChI is InChI=1S/C18H20FN3O3S/c19-13-4-3-7-15(10-13)22-9-8-20-18(22)26-12-17(24)25-11-16(23)21-14-5-1-2-6-14/h3-4,7-10,14H,1-2,5-6,11-12H2,(H,21,23). The third-order valence-corrected chi connectivity index (χ3v) is 5.04. The Labute approximate surface area is 155 Å². The highest BCUT2D eigenvalue weighted by Crippen LogP contribution is 2.21. The van der Waals surface area contributed by atoms with E-state index < -0.39 is 5.97 Å². The highest BCUT2D eigenvalue weighted by molar-refractivity contribution is 7.99. The number of thioether (sulfide) groups is 1. The summed E-state index contributed by atoms with van der Waals surface area (Å²) in [6.45, 7) is -0.270. The highest BCUT2D eigenvalue weighted by Gasteiger charge is 2.18. The lowest BCUT2D eigenvalue weighted by atomic mass is 10.2. The number of nitrogens with one attached hydrogen (secondary N) is 1. The molecule has 8 heteroatoms. The van der Waals surface area contributed by atoms with Crippen LogP contribution in [-0.4, -0.2) is 39.8 Å². The summed E-state index contributed by atoms with van der Waals surface area (Å²) >= 11 is 1.17. The number of benzene rings is 1. The number of amides is 1. The van der Waals surface area contributed by atoms with E-state index in [1.807, 2.05) is 0 Å². The molecule has 1 N–H and O–H groups in total. The van der Waals surface area contributed by atoms with Gasteiger partial charge in [-0.25, -0.2) is 9.37 Å². The Morgan fingerprint density at radius 1 is 1.35 bits per heavy atom. The van der Waals surface area contributed by atoms with Gasteiger partial charge < -0.3 is 10.1 Å². The number of carbonyl (C=O) groups excluding carboxylic acids is 2. The minimum absolute atomic E-state index is 0.0169. The van der Waals surface area contributed by atoms with Gasteiger partial charge in [-0.15, -0.1) is 0 Å². The number of carbonyl (C=O) groups is 2. The second kappa shape index (κ2) is 8.84. The largest absolute Gasteiger partial charge is 0.455 e. The Morgan fingerprint density at radius 2 is 2.15 bits per heavy atom. The molecule has 26 heavy (non-hydrogen) atoms. The molecule has 0 saturated heterocycles. The molecule has 0 bridgehead atoms. The molecule has 3 rings (SSSR count). The minimum atomic E-state index is -0.495. The van der Waals surface area contributed by atoms with Crippen molar-refractivity contribution in [1.82, 2.24) is 14.9 Å². The third-order valence-electron chi connectivity index (χ3n) is 4.10. The summed E-state index contributed by atoms with van der Waals surface area (Å²) in [6, 6.07) is 6.31. The lowest BCUT2D eigenvalue weighted by molar-refractivity contribution is -0.146. The Balaban J connectivity index is 1.46. The molecule has 0 radical (unpaired) electrons. The first-order chi connectivity index (χ1) is 12.6. The number of ether oxygens (including phenoxy) is 1. The van der Waals surface area contributed by atoms with Crippen LogP contribution in [0.5, 0.6) is 0 Å². The average molecular weight is 377 g/mol. The number of nitrogens with zero attached hydrogens (tertiary/aromatic N) is 2. The van der Waals surface area contributed by atoms with Gasteiger partial charge in [-0.1, -0.05) is 30.7 Å². The van der Waals surface area contributed by atoms with E-state index in [1.165, 1.54) is 23.9 Å². The molecule has 1 fully saturated rings. The van der Waals surface area contributed by atoms with E-state index in [1.54, 1.807) is 29.1 Å². The van der Waals surface area contributed by atoms with E-state index >= 15 is 0 Å². The molecule has 0 unspecified atom stereocenters. The molecule has 6 nitrogen and oxygen atoms in total. The van der Waals surface area contributed by atoms with Crippen LogP contribution >= 0.6 is 11.8 Å². The van der Waals surface area contributed by atoms with Gasteiger partial charge >= 0.3 is 5.97 Å². The van der Waals surface area contributed by atoms with Crippen molar-refractivity contribution in [1.29, 1.82) is 0 Å². The molecule has 1 saturated carbocycles. The number of aromatic nitrogens is 2. The summed E-state index contributed by atoms with van der Waals surface area (Å²) in [6.07, 6.45) is 7.49.